The standard InChI is InChI=1S/C20H22N2O3S/c1-13(2)25-10-9-22-19(23)17(16-8-5-11-26-16)18(20(22)24)21-15-7-4-6-14(3)12-15/h4-8,11-13,21H,9-10H2,1-3H3. The molecule has 3 rings (SSSR count). The van der Waals surface area contributed by atoms with Gasteiger partial charge < -0.3 is 10.1 Å². The first-order valence-corrected chi connectivity index (χ1v) is 9.45. The van der Waals surface area contributed by atoms with Gasteiger partial charge in [0.25, 0.3) is 11.8 Å². The van der Waals surface area contributed by atoms with Gasteiger partial charge in [0.2, 0.25) is 0 Å². The van der Waals surface area contributed by atoms with E-state index in [1.807, 2.05) is 62.5 Å². The number of ether oxygens (including phenoxy) is 1. The summed E-state index contributed by atoms with van der Waals surface area (Å²) in [5, 5.41) is 5.06. The third-order valence-corrected chi connectivity index (χ3v) is 4.88. The lowest BCUT2D eigenvalue weighted by molar-refractivity contribution is -0.137. The largest absolute Gasteiger partial charge is 0.377 e. The highest BCUT2D eigenvalue weighted by Gasteiger charge is 2.39. The molecule has 2 amide bonds. The van der Waals surface area contributed by atoms with Gasteiger partial charge in [-0.2, -0.15) is 0 Å². The van der Waals surface area contributed by atoms with Crippen molar-refractivity contribution in [1.29, 1.82) is 0 Å². The van der Waals surface area contributed by atoms with Gasteiger partial charge in [-0.25, -0.2) is 0 Å². The Kier molecular flexibility index (Phi) is 5.54. The first-order valence-electron chi connectivity index (χ1n) is 8.57. The lowest BCUT2D eigenvalue weighted by atomic mass is 10.1. The molecule has 1 N–H and O–H groups in total. The molecule has 136 valence electrons. The van der Waals surface area contributed by atoms with Crippen LogP contribution in [-0.4, -0.2) is 36.0 Å². The molecule has 0 spiro atoms. The summed E-state index contributed by atoms with van der Waals surface area (Å²) in [7, 11) is 0. The quantitative estimate of drug-likeness (QED) is 0.756. The molecule has 0 unspecified atom stereocenters. The van der Waals surface area contributed by atoms with Crippen LogP contribution < -0.4 is 5.32 Å². The number of nitrogens with one attached hydrogen (secondary N) is 1. The van der Waals surface area contributed by atoms with Crippen LogP contribution in [0.5, 0.6) is 0 Å². The van der Waals surface area contributed by atoms with Crippen LogP contribution in [0.25, 0.3) is 5.57 Å². The fourth-order valence-electron chi connectivity index (χ4n) is 2.79. The van der Waals surface area contributed by atoms with Crippen molar-refractivity contribution >= 4 is 34.4 Å². The second-order valence-electron chi connectivity index (χ2n) is 6.40. The van der Waals surface area contributed by atoms with Gasteiger partial charge in [0.1, 0.15) is 5.70 Å². The van der Waals surface area contributed by atoms with Gasteiger partial charge in [0.05, 0.1) is 24.8 Å². The number of benzene rings is 1. The summed E-state index contributed by atoms with van der Waals surface area (Å²) in [5.74, 6) is -0.591. The van der Waals surface area contributed by atoms with Crippen molar-refractivity contribution in [2.45, 2.75) is 26.9 Å². The first kappa shape index (κ1) is 18.4. The molecule has 1 aromatic carbocycles. The van der Waals surface area contributed by atoms with E-state index in [1.165, 1.54) is 16.2 Å². The maximum absolute atomic E-state index is 12.9. The summed E-state index contributed by atoms with van der Waals surface area (Å²) < 4.78 is 5.51. The number of hydrogen-bond donors (Lipinski definition) is 1. The lowest BCUT2D eigenvalue weighted by Crippen LogP contribution is -2.35. The van der Waals surface area contributed by atoms with Crippen molar-refractivity contribution in [2.24, 2.45) is 0 Å². The highest BCUT2D eigenvalue weighted by molar-refractivity contribution is 7.11. The molecule has 26 heavy (non-hydrogen) atoms. The number of anilines is 1. The summed E-state index contributed by atoms with van der Waals surface area (Å²) in [6.45, 7) is 6.40. The van der Waals surface area contributed by atoms with Crippen molar-refractivity contribution in [3.8, 4) is 0 Å². The van der Waals surface area contributed by atoms with Gasteiger partial charge in [-0.05, 0) is 49.9 Å². The van der Waals surface area contributed by atoms with E-state index in [2.05, 4.69) is 5.32 Å². The number of thiophene rings is 1. The first-order chi connectivity index (χ1) is 12.5. The molecule has 1 aliphatic heterocycles. The summed E-state index contributed by atoms with van der Waals surface area (Å²) in [5.41, 5.74) is 2.62. The Morgan fingerprint density at radius 1 is 1.15 bits per heavy atom. The zero-order chi connectivity index (χ0) is 18.7. The normalized spacial score (nSPS) is 14.7. The van der Waals surface area contributed by atoms with Gasteiger partial charge in [-0.1, -0.05) is 18.2 Å². The number of hydrogen-bond acceptors (Lipinski definition) is 5. The smallest absolute Gasteiger partial charge is 0.278 e. The van der Waals surface area contributed by atoms with Crippen LogP contribution in [0.15, 0.2) is 47.5 Å². The van der Waals surface area contributed by atoms with Crippen molar-refractivity contribution in [3.05, 3.63) is 57.9 Å². The minimum Gasteiger partial charge on any atom is -0.377 e. The third kappa shape index (κ3) is 3.86. The molecule has 6 heteroatoms. The second-order valence-corrected chi connectivity index (χ2v) is 7.35. The van der Waals surface area contributed by atoms with Crippen LogP contribution in [0.4, 0.5) is 5.69 Å². The number of carbonyl (C=O) groups excluding carboxylic acids is 2. The summed E-state index contributed by atoms with van der Waals surface area (Å²) in [6, 6.07) is 11.5. The van der Waals surface area contributed by atoms with E-state index in [0.717, 1.165) is 16.1 Å². The van der Waals surface area contributed by atoms with Crippen LogP contribution in [0.1, 0.15) is 24.3 Å². The van der Waals surface area contributed by atoms with E-state index in [4.69, 9.17) is 4.74 Å². The third-order valence-electron chi connectivity index (χ3n) is 3.99. The SMILES string of the molecule is Cc1cccc(NC2=C(c3cccs3)C(=O)N(CCOC(C)C)C2=O)c1. The van der Waals surface area contributed by atoms with Gasteiger partial charge in [-0.15, -0.1) is 11.3 Å². The molecule has 0 saturated carbocycles. The molecule has 0 aliphatic carbocycles. The van der Waals surface area contributed by atoms with E-state index in [1.54, 1.807) is 0 Å². The van der Waals surface area contributed by atoms with E-state index in [9.17, 15) is 9.59 Å². The molecule has 1 aliphatic rings. The van der Waals surface area contributed by atoms with Crippen LogP contribution >= 0.6 is 11.3 Å². The van der Waals surface area contributed by atoms with E-state index < -0.39 is 0 Å². The molecule has 0 atom stereocenters. The Morgan fingerprint density at radius 2 is 1.96 bits per heavy atom. The topological polar surface area (TPSA) is 58.6 Å². The van der Waals surface area contributed by atoms with Gasteiger partial charge in [-0.3, -0.25) is 14.5 Å². The van der Waals surface area contributed by atoms with Crippen LogP contribution in [0.2, 0.25) is 0 Å². The molecule has 2 aromatic rings. The monoisotopic (exact) mass is 370 g/mol. The van der Waals surface area contributed by atoms with Crippen LogP contribution in [0, 0.1) is 6.92 Å². The highest BCUT2D eigenvalue weighted by Crippen LogP contribution is 2.32. The highest BCUT2D eigenvalue weighted by atomic mass is 32.1. The molecule has 0 saturated heterocycles. The molecule has 2 heterocycles. The number of aryl methyl sites for hydroxylation is 1. The Morgan fingerprint density at radius 3 is 2.62 bits per heavy atom. The molecule has 5 nitrogen and oxygen atoms in total. The summed E-state index contributed by atoms with van der Waals surface area (Å²) >= 11 is 1.45. The van der Waals surface area contributed by atoms with Crippen LogP contribution in [0.3, 0.4) is 0 Å². The zero-order valence-electron chi connectivity index (χ0n) is 15.1. The van der Waals surface area contributed by atoms with Crippen molar-refractivity contribution in [3.63, 3.8) is 0 Å². The molecule has 1 aromatic heterocycles. The van der Waals surface area contributed by atoms with Crippen molar-refractivity contribution in [1.82, 2.24) is 4.90 Å². The molecule has 0 radical (unpaired) electrons. The maximum atomic E-state index is 12.9. The Balaban J connectivity index is 1.90. The Labute approximate surface area is 157 Å². The van der Waals surface area contributed by atoms with Gasteiger partial charge >= 0.3 is 0 Å². The maximum Gasteiger partial charge on any atom is 0.278 e. The predicted octanol–water partition coefficient (Wildman–Crippen LogP) is 3.67. The summed E-state index contributed by atoms with van der Waals surface area (Å²) in [6.07, 6.45) is 0.0532. The number of nitrogens with zero attached hydrogens (tertiary/aromatic N) is 1. The Hall–Kier alpha value is -2.44. The number of carbonyl (C=O) groups is 2. The average Bonchev–Trinajstić information content (AvgIpc) is 3.17. The van der Waals surface area contributed by atoms with E-state index in [-0.39, 0.29) is 24.5 Å². The second kappa shape index (κ2) is 7.85. The fraction of sp³-hybridized carbons (Fsp3) is 0.300. The number of imide groups is 1. The molecule has 0 bridgehead atoms. The zero-order valence-corrected chi connectivity index (χ0v) is 15.9. The fourth-order valence-corrected chi connectivity index (χ4v) is 3.56. The Bertz CT molecular complexity index is 841. The van der Waals surface area contributed by atoms with Crippen molar-refractivity contribution < 1.29 is 14.3 Å². The van der Waals surface area contributed by atoms with Gasteiger partial charge in [0.15, 0.2) is 0 Å². The minimum absolute atomic E-state index is 0.0532. The molecular formula is C20H22N2O3S. The van der Waals surface area contributed by atoms with Crippen LogP contribution in [-0.2, 0) is 14.3 Å². The average molecular weight is 370 g/mol. The predicted molar refractivity (Wildman–Crippen MR) is 104 cm³/mol. The molecular weight excluding hydrogens is 348 g/mol. The number of amides is 2. The van der Waals surface area contributed by atoms with E-state index in [0.29, 0.717) is 17.9 Å². The number of rotatable bonds is 7. The lowest BCUT2D eigenvalue weighted by Gasteiger charge is -2.16. The van der Waals surface area contributed by atoms with Crippen molar-refractivity contribution in [2.75, 3.05) is 18.5 Å². The summed E-state index contributed by atoms with van der Waals surface area (Å²) in [4.78, 5) is 27.9. The molecule has 0 fully saturated rings. The van der Waals surface area contributed by atoms with E-state index >= 15 is 0 Å². The minimum atomic E-state index is -0.313. The van der Waals surface area contributed by atoms with Gasteiger partial charge in [0, 0.05) is 10.6 Å².